The summed E-state index contributed by atoms with van der Waals surface area (Å²) in [6.07, 6.45) is 2.75. The van der Waals surface area contributed by atoms with Crippen molar-refractivity contribution in [3.63, 3.8) is 0 Å². The van der Waals surface area contributed by atoms with Gasteiger partial charge >= 0.3 is 0 Å². The highest BCUT2D eigenvalue weighted by molar-refractivity contribution is 6.99. The molecule has 2 N–H and O–H groups in total. The largest absolute Gasteiger partial charge is 0.497 e. The van der Waals surface area contributed by atoms with Crippen LogP contribution in [0.2, 0.25) is 5.04 Å². The SMILES string of the molecule is [2H]C1([2H])OC(N)=NC12c1cc(-c3cc(C#N)cc(OC)c3)ccc1C[C@]21CC[C@@H](O[Si](c2ccccc2)(c2ccccc2)C(C)(C)C)[C@H](C)C1. The van der Waals surface area contributed by atoms with E-state index >= 15 is 0 Å². The average molecular weight is 658 g/mol. The minimum atomic E-state index is -2.81. The van der Waals surface area contributed by atoms with Crippen LogP contribution in [0.5, 0.6) is 5.75 Å². The molecule has 1 saturated carbocycles. The third-order valence-corrected chi connectivity index (χ3v) is 16.0. The zero-order chi connectivity index (χ0) is 35.5. The van der Waals surface area contributed by atoms with Gasteiger partial charge in [0.2, 0.25) is 0 Å². The van der Waals surface area contributed by atoms with Crippen LogP contribution in [0.25, 0.3) is 11.1 Å². The van der Waals surface area contributed by atoms with Gasteiger partial charge in [0.15, 0.2) is 0 Å². The van der Waals surface area contributed by atoms with Crippen LogP contribution in [0.3, 0.4) is 0 Å². The summed E-state index contributed by atoms with van der Waals surface area (Å²) in [4.78, 5) is 4.95. The average Bonchev–Trinajstić information content (AvgIpc) is 3.51. The lowest BCUT2D eigenvalue weighted by Crippen LogP contribution is -2.68. The Morgan fingerprint density at radius 1 is 0.979 bits per heavy atom. The summed E-state index contributed by atoms with van der Waals surface area (Å²) >= 11 is 0. The number of nitrogens with two attached hydrogens (primary N) is 1. The van der Waals surface area contributed by atoms with E-state index in [0.29, 0.717) is 30.6 Å². The summed E-state index contributed by atoms with van der Waals surface area (Å²) in [7, 11) is -1.23. The van der Waals surface area contributed by atoms with Crippen LogP contribution in [0.1, 0.15) is 66.4 Å². The number of nitriles is 1. The molecule has 1 fully saturated rings. The van der Waals surface area contributed by atoms with Gasteiger partial charge in [0.1, 0.15) is 17.8 Å². The molecule has 1 unspecified atom stereocenters. The van der Waals surface area contributed by atoms with E-state index in [4.69, 9.17) is 24.6 Å². The lowest BCUT2D eigenvalue weighted by atomic mass is 9.59. The molecule has 0 radical (unpaired) electrons. The van der Waals surface area contributed by atoms with Crippen molar-refractivity contribution in [3.05, 3.63) is 114 Å². The Balaban J connectivity index is 1.30. The smallest absolute Gasteiger partial charge is 0.283 e. The van der Waals surface area contributed by atoms with Gasteiger partial charge in [-0.05, 0) is 93.5 Å². The number of hydrogen-bond acceptors (Lipinski definition) is 6. The van der Waals surface area contributed by atoms with Gasteiger partial charge in [-0.15, -0.1) is 0 Å². The van der Waals surface area contributed by atoms with E-state index in [2.05, 4.69) is 100 Å². The lowest BCUT2D eigenvalue weighted by molar-refractivity contribution is -0.0187. The fraction of sp³-hybridized carbons (Fsp3) is 0.366. The minimum absolute atomic E-state index is 0.0426. The molecule has 48 heavy (non-hydrogen) atoms. The monoisotopic (exact) mass is 657 g/mol. The van der Waals surface area contributed by atoms with Gasteiger partial charge in [0, 0.05) is 11.5 Å². The summed E-state index contributed by atoms with van der Waals surface area (Å²) in [6.45, 7) is 7.00. The molecule has 6 nitrogen and oxygen atoms in total. The van der Waals surface area contributed by atoms with E-state index in [-0.39, 0.29) is 23.1 Å². The molecule has 0 saturated heterocycles. The number of ether oxygens (including phenoxy) is 2. The summed E-state index contributed by atoms with van der Waals surface area (Å²) in [5.74, 6) is 0.681. The number of methoxy groups -OCH3 is 1. The molecule has 1 heterocycles. The molecule has 0 amide bonds. The first-order chi connectivity index (χ1) is 23.8. The van der Waals surface area contributed by atoms with Crippen molar-refractivity contribution in [1.82, 2.24) is 0 Å². The first-order valence-corrected chi connectivity index (χ1v) is 18.8. The van der Waals surface area contributed by atoms with Gasteiger partial charge in [-0.2, -0.15) is 5.26 Å². The Morgan fingerprint density at radius 3 is 2.23 bits per heavy atom. The molecular formula is C41H45N3O3Si. The van der Waals surface area contributed by atoms with E-state index < -0.39 is 25.8 Å². The zero-order valence-electron chi connectivity index (χ0n) is 30.4. The third kappa shape index (κ3) is 5.05. The van der Waals surface area contributed by atoms with Crippen molar-refractivity contribution < 1.29 is 16.6 Å². The van der Waals surface area contributed by atoms with E-state index in [1.165, 1.54) is 10.4 Å². The molecule has 0 bridgehead atoms. The van der Waals surface area contributed by atoms with Gasteiger partial charge in [-0.3, -0.25) is 0 Å². The molecule has 2 spiro atoms. The molecule has 1 aliphatic heterocycles. The predicted octanol–water partition coefficient (Wildman–Crippen LogP) is 7.08. The fourth-order valence-corrected chi connectivity index (χ4v) is 13.6. The second-order valence-electron chi connectivity index (χ2n) is 14.8. The van der Waals surface area contributed by atoms with Crippen molar-refractivity contribution in [2.24, 2.45) is 22.1 Å². The lowest BCUT2D eigenvalue weighted by Gasteiger charge is -2.52. The van der Waals surface area contributed by atoms with E-state index in [1.807, 2.05) is 24.3 Å². The van der Waals surface area contributed by atoms with Gasteiger partial charge in [-0.1, -0.05) is 100 Å². The van der Waals surface area contributed by atoms with Crippen molar-refractivity contribution in [2.45, 2.75) is 70.1 Å². The van der Waals surface area contributed by atoms with Crippen LogP contribution in [-0.4, -0.2) is 34.1 Å². The van der Waals surface area contributed by atoms with Crippen LogP contribution in [0, 0.1) is 22.7 Å². The number of amidine groups is 1. The molecule has 4 atom stereocenters. The molecule has 7 heteroatoms. The van der Waals surface area contributed by atoms with Crippen LogP contribution < -0.4 is 20.8 Å². The molecule has 4 aromatic rings. The van der Waals surface area contributed by atoms with Crippen LogP contribution >= 0.6 is 0 Å². The van der Waals surface area contributed by atoms with Gasteiger partial charge in [-0.25, -0.2) is 4.99 Å². The summed E-state index contributed by atoms with van der Waals surface area (Å²) in [5.41, 5.74) is 8.33. The maximum absolute atomic E-state index is 9.69. The van der Waals surface area contributed by atoms with Crippen LogP contribution in [0.15, 0.2) is 102 Å². The van der Waals surface area contributed by atoms with Crippen molar-refractivity contribution in [3.8, 4) is 22.9 Å². The highest BCUT2D eigenvalue weighted by atomic mass is 28.4. The number of hydrogen-bond donors (Lipinski definition) is 1. The Morgan fingerprint density at radius 2 is 1.67 bits per heavy atom. The van der Waals surface area contributed by atoms with Crippen molar-refractivity contribution in [2.75, 3.05) is 13.7 Å². The topological polar surface area (TPSA) is 89.9 Å². The molecule has 0 aromatic heterocycles. The number of benzene rings is 4. The fourth-order valence-electron chi connectivity index (χ4n) is 8.79. The van der Waals surface area contributed by atoms with Gasteiger partial charge < -0.3 is 19.6 Å². The molecule has 2 aliphatic carbocycles. The Hall–Kier alpha value is -4.38. The van der Waals surface area contributed by atoms with Crippen molar-refractivity contribution in [1.29, 1.82) is 5.26 Å². The minimum Gasteiger partial charge on any atom is -0.497 e. The third-order valence-electron chi connectivity index (χ3n) is 11.0. The highest BCUT2D eigenvalue weighted by Crippen LogP contribution is 2.62. The van der Waals surface area contributed by atoms with E-state index in [9.17, 15) is 8.00 Å². The first kappa shape index (κ1) is 29.7. The molecule has 246 valence electrons. The second kappa shape index (κ2) is 11.9. The van der Waals surface area contributed by atoms with E-state index in [1.54, 1.807) is 13.2 Å². The Bertz CT molecular complexity index is 1950. The van der Waals surface area contributed by atoms with Crippen LogP contribution in [-0.2, 0) is 21.1 Å². The van der Waals surface area contributed by atoms with Gasteiger partial charge in [0.25, 0.3) is 14.3 Å². The maximum atomic E-state index is 9.69. The Kier molecular flexibility index (Phi) is 7.40. The second-order valence-corrected chi connectivity index (χ2v) is 19.0. The number of rotatable bonds is 6. The molecule has 3 aliphatic rings. The first-order valence-electron chi connectivity index (χ1n) is 17.9. The Labute approximate surface area is 288 Å². The zero-order valence-corrected chi connectivity index (χ0v) is 29.4. The molecular weight excluding hydrogens is 611 g/mol. The number of fused-ring (bicyclic) bond motifs is 3. The molecule has 4 aromatic carbocycles. The van der Waals surface area contributed by atoms with Crippen molar-refractivity contribution >= 4 is 24.7 Å². The van der Waals surface area contributed by atoms with Gasteiger partial charge in [0.05, 0.1) is 21.5 Å². The number of aliphatic imine (C=N–C) groups is 1. The molecule has 7 rings (SSSR count). The quantitative estimate of drug-likeness (QED) is 0.224. The number of nitrogens with zero attached hydrogens (tertiary/aromatic N) is 2. The maximum Gasteiger partial charge on any atom is 0.283 e. The van der Waals surface area contributed by atoms with Crippen LogP contribution in [0.4, 0.5) is 0 Å². The summed E-state index contributed by atoms with van der Waals surface area (Å²) < 4.78 is 37.7. The van der Waals surface area contributed by atoms with E-state index in [0.717, 1.165) is 28.7 Å². The summed E-state index contributed by atoms with van der Waals surface area (Å²) in [6, 6.07) is 35.2. The summed E-state index contributed by atoms with van der Waals surface area (Å²) in [5, 5.41) is 12.0. The predicted molar refractivity (Wildman–Crippen MR) is 194 cm³/mol. The normalized spacial score (nSPS) is 26.6. The standard InChI is InChI=1S/C41H45N3O3Si/c1-28-24-40(19-18-37(28)47-48(39(2,3)4,34-12-8-6-9-13-34)35-14-10-7-11-15-35)25-31-17-16-30(23-36(31)41(40)27-46-38(43)44-41)32-20-29(26-42)21-33(22-32)45-5/h6-17,20-23,28,37H,18-19,24-25,27H2,1-5H3,(H2,43,44)/t28-,37-,40-,41?/m1/s1/i27D2. The highest BCUT2D eigenvalue weighted by Gasteiger charge is 2.63.